The highest BCUT2D eigenvalue weighted by Crippen LogP contribution is 2.67. The van der Waals surface area contributed by atoms with Gasteiger partial charge in [0, 0.05) is 5.41 Å². The number of rotatable bonds is 1. The van der Waals surface area contributed by atoms with Gasteiger partial charge in [-0.1, -0.05) is 12.5 Å². The van der Waals surface area contributed by atoms with Crippen LogP contribution in [-0.2, 0) is 9.53 Å². The average Bonchev–Trinajstić information content (AvgIpc) is 3.29. The van der Waals surface area contributed by atoms with Crippen molar-refractivity contribution in [3.63, 3.8) is 0 Å². The van der Waals surface area contributed by atoms with Crippen LogP contribution in [0.25, 0.3) is 0 Å². The van der Waals surface area contributed by atoms with Gasteiger partial charge in [0.1, 0.15) is 12.2 Å². The minimum absolute atomic E-state index is 0.0489. The molecule has 0 spiro atoms. The number of hydrogen-bond donors (Lipinski definition) is 2. The summed E-state index contributed by atoms with van der Waals surface area (Å²) in [5.74, 6) is 1.60. The van der Waals surface area contributed by atoms with E-state index in [2.05, 4.69) is 6.92 Å². The lowest BCUT2D eigenvalue weighted by Gasteiger charge is -2.57. The molecule has 4 aliphatic carbocycles. The summed E-state index contributed by atoms with van der Waals surface area (Å²) in [5, 5.41) is 20.9. The molecule has 0 aromatic rings. The molecule has 4 fully saturated rings. The van der Waals surface area contributed by atoms with Crippen molar-refractivity contribution in [2.75, 3.05) is 6.61 Å². The van der Waals surface area contributed by atoms with Crippen molar-refractivity contribution < 1.29 is 19.7 Å². The van der Waals surface area contributed by atoms with Crippen LogP contribution >= 0.6 is 0 Å². The van der Waals surface area contributed by atoms with E-state index in [4.69, 9.17) is 4.74 Å². The molecule has 0 bridgehead atoms. The van der Waals surface area contributed by atoms with Gasteiger partial charge in [-0.2, -0.15) is 0 Å². The van der Waals surface area contributed by atoms with Crippen molar-refractivity contribution in [1.82, 2.24) is 0 Å². The topological polar surface area (TPSA) is 70.1 Å². The maximum Gasteiger partial charge on any atom is 0.187 e. The molecule has 5 aliphatic rings. The fraction of sp³-hybridized carbons (Fsp3) is 0.842. The van der Waals surface area contributed by atoms with E-state index < -0.39 is 0 Å². The van der Waals surface area contributed by atoms with E-state index >= 15 is 0 Å². The summed E-state index contributed by atoms with van der Waals surface area (Å²) in [4.78, 5) is 12.1. The van der Waals surface area contributed by atoms with Gasteiger partial charge in [-0.05, 0) is 67.8 Å². The van der Waals surface area contributed by atoms with Crippen molar-refractivity contribution in [3.05, 3.63) is 11.6 Å². The van der Waals surface area contributed by atoms with Gasteiger partial charge in [-0.15, -0.1) is 0 Å². The van der Waals surface area contributed by atoms with Gasteiger partial charge >= 0.3 is 0 Å². The van der Waals surface area contributed by atoms with Crippen molar-refractivity contribution in [2.24, 2.45) is 28.6 Å². The predicted molar refractivity (Wildman–Crippen MR) is 83.6 cm³/mol. The van der Waals surface area contributed by atoms with Crippen LogP contribution in [0.5, 0.6) is 0 Å². The van der Waals surface area contributed by atoms with Crippen LogP contribution in [0.15, 0.2) is 11.6 Å². The third-order valence-electron chi connectivity index (χ3n) is 8.25. The molecule has 4 heteroatoms. The Balaban J connectivity index is 1.57. The highest BCUT2D eigenvalue weighted by molar-refractivity contribution is 5.98. The molecule has 1 aliphatic heterocycles. The minimum Gasteiger partial charge on any atom is -0.395 e. The van der Waals surface area contributed by atoms with Crippen molar-refractivity contribution in [1.29, 1.82) is 0 Å². The number of ether oxygens (including phenoxy) is 1. The summed E-state index contributed by atoms with van der Waals surface area (Å²) in [7, 11) is 0. The van der Waals surface area contributed by atoms with Crippen LogP contribution in [0.3, 0.4) is 0 Å². The van der Waals surface area contributed by atoms with Crippen molar-refractivity contribution in [3.8, 4) is 0 Å². The number of aliphatic hydroxyl groups is 2. The molecule has 4 nitrogen and oxygen atoms in total. The number of carbonyl (C=O) groups is 1. The Hall–Kier alpha value is -0.710. The van der Waals surface area contributed by atoms with Gasteiger partial charge < -0.3 is 14.9 Å². The van der Waals surface area contributed by atoms with Gasteiger partial charge in [0.05, 0.1) is 12.7 Å². The molecule has 0 radical (unpaired) electrons. The lowest BCUT2D eigenvalue weighted by Crippen LogP contribution is -2.56. The number of hydrogen-bond acceptors (Lipinski definition) is 4. The second kappa shape index (κ2) is 4.47. The standard InChI is InChI=1S/C19H26O4/c1-18-7-6-13-11(12(18)4-5-15(18)22)3-2-10-8-14(21)16-17(23-16)19(10,13)9-20/h8,11-13,15-17,20,22H,2-7,9H2,1H3/t11-,12-,13-,15-,16?,17?,18-,19-/m0/s1. The molecular formula is C19H26O4. The first-order valence-corrected chi connectivity index (χ1v) is 9.21. The van der Waals surface area contributed by atoms with E-state index in [9.17, 15) is 15.0 Å². The maximum absolute atomic E-state index is 12.1. The lowest BCUT2D eigenvalue weighted by molar-refractivity contribution is -0.117. The number of fused-ring (bicyclic) bond motifs is 7. The Morgan fingerprint density at radius 1 is 1.26 bits per heavy atom. The first kappa shape index (κ1) is 14.6. The Morgan fingerprint density at radius 3 is 2.87 bits per heavy atom. The molecule has 2 unspecified atom stereocenters. The minimum atomic E-state index is -0.323. The number of carbonyl (C=O) groups excluding carboxylic acids is 1. The van der Waals surface area contributed by atoms with Crippen LogP contribution in [0.4, 0.5) is 0 Å². The Bertz CT molecular complexity index is 598. The zero-order chi connectivity index (χ0) is 16.0. The third-order valence-corrected chi connectivity index (χ3v) is 8.25. The lowest BCUT2D eigenvalue weighted by atomic mass is 9.47. The van der Waals surface area contributed by atoms with Crippen LogP contribution < -0.4 is 0 Å². The number of aliphatic hydroxyl groups excluding tert-OH is 2. The molecule has 0 amide bonds. The second-order valence-electron chi connectivity index (χ2n) is 8.80. The quantitative estimate of drug-likeness (QED) is 0.724. The van der Waals surface area contributed by atoms with E-state index in [1.807, 2.05) is 0 Å². The van der Waals surface area contributed by atoms with Crippen LogP contribution in [0, 0.1) is 28.6 Å². The highest BCUT2D eigenvalue weighted by atomic mass is 16.6. The molecule has 1 saturated heterocycles. The highest BCUT2D eigenvalue weighted by Gasteiger charge is 2.69. The fourth-order valence-electron chi connectivity index (χ4n) is 6.98. The molecule has 23 heavy (non-hydrogen) atoms. The summed E-state index contributed by atoms with van der Waals surface area (Å²) in [6.07, 6.45) is 7.31. The Kier molecular flexibility index (Phi) is 2.84. The first-order valence-electron chi connectivity index (χ1n) is 9.21. The van der Waals surface area contributed by atoms with Gasteiger partial charge in [-0.3, -0.25) is 4.79 Å². The van der Waals surface area contributed by atoms with Gasteiger partial charge in [0.15, 0.2) is 5.78 Å². The second-order valence-corrected chi connectivity index (χ2v) is 8.80. The Labute approximate surface area is 136 Å². The summed E-state index contributed by atoms with van der Waals surface area (Å²) in [6.45, 7) is 2.36. The van der Waals surface area contributed by atoms with E-state index in [-0.39, 0.29) is 41.5 Å². The van der Waals surface area contributed by atoms with Crippen LogP contribution in [0.2, 0.25) is 0 Å². The van der Waals surface area contributed by atoms with Crippen molar-refractivity contribution in [2.45, 2.75) is 63.8 Å². The van der Waals surface area contributed by atoms with Gasteiger partial charge in [-0.25, -0.2) is 0 Å². The molecule has 0 aromatic heterocycles. The zero-order valence-electron chi connectivity index (χ0n) is 13.7. The Morgan fingerprint density at radius 2 is 2.09 bits per heavy atom. The summed E-state index contributed by atoms with van der Waals surface area (Å²) in [6, 6.07) is 0. The molecule has 0 aromatic carbocycles. The zero-order valence-corrected chi connectivity index (χ0v) is 13.7. The molecular weight excluding hydrogens is 292 g/mol. The molecule has 8 atom stereocenters. The molecule has 126 valence electrons. The molecule has 5 rings (SSSR count). The van der Waals surface area contributed by atoms with Gasteiger partial charge in [0.25, 0.3) is 0 Å². The van der Waals surface area contributed by atoms with E-state index in [1.165, 1.54) is 0 Å². The average molecular weight is 318 g/mol. The summed E-state index contributed by atoms with van der Waals surface area (Å²) >= 11 is 0. The van der Waals surface area contributed by atoms with Gasteiger partial charge in [0.2, 0.25) is 0 Å². The van der Waals surface area contributed by atoms with Crippen LogP contribution in [-0.4, -0.2) is 40.9 Å². The van der Waals surface area contributed by atoms with E-state index in [1.54, 1.807) is 6.08 Å². The SMILES string of the molecule is C[C@]12CC[C@H]3[C@@H](CCC4=CC(=O)C5OC5[C@@]43CO)[C@@H]1CC[C@@H]2O. The first-order chi connectivity index (χ1) is 11.0. The molecule has 3 saturated carbocycles. The molecule has 2 N–H and O–H groups in total. The molecule has 1 heterocycles. The van der Waals surface area contributed by atoms with Crippen LogP contribution in [0.1, 0.15) is 45.4 Å². The van der Waals surface area contributed by atoms with E-state index in [0.29, 0.717) is 17.8 Å². The van der Waals surface area contributed by atoms with E-state index in [0.717, 1.165) is 44.1 Å². The monoisotopic (exact) mass is 318 g/mol. The third kappa shape index (κ3) is 1.60. The largest absolute Gasteiger partial charge is 0.395 e. The smallest absolute Gasteiger partial charge is 0.187 e. The summed E-state index contributed by atoms with van der Waals surface area (Å²) in [5.41, 5.74) is 0.871. The maximum atomic E-state index is 12.1. The fourth-order valence-corrected chi connectivity index (χ4v) is 6.98. The normalized spacial score (nSPS) is 57.0. The number of epoxide rings is 1. The predicted octanol–water partition coefficient (Wildman–Crippen LogP) is 1.84. The number of ketones is 1. The summed E-state index contributed by atoms with van der Waals surface area (Å²) < 4.78 is 5.75. The van der Waals surface area contributed by atoms with Crippen molar-refractivity contribution >= 4 is 5.78 Å².